The first-order valence-electron chi connectivity index (χ1n) is 8.03. The average molecular weight is 333 g/mol. The summed E-state index contributed by atoms with van der Waals surface area (Å²) in [5, 5.41) is 1.16. The molecule has 2 aromatic rings. The van der Waals surface area contributed by atoms with E-state index in [4.69, 9.17) is 9.72 Å². The fourth-order valence-corrected chi connectivity index (χ4v) is 3.96. The lowest BCUT2D eigenvalue weighted by Crippen LogP contribution is -2.41. The number of amides is 1. The number of thiazole rings is 1. The van der Waals surface area contributed by atoms with Crippen LogP contribution in [0.5, 0.6) is 0 Å². The summed E-state index contributed by atoms with van der Waals surface area (Å²) in [6, 6.07) is 2.09. The fourth-order valence-electron chi connectivity index (χ4n) is 2.76. The molecule has 0 aliphatic carbocycles. The summed E-state index contributed by atoms with van der Waals surface area (Å²) >= 11 is 1.75. The molecule has 1 fully saturated rings. The highest BCUT2D eigenvalue weighted by atomic mass is 32.1. The highest BCUT2D eigenvalue weighted by molar-refractivity contribution is 7.18. The molecule has 0 atom stereocenters. The van der Waals surface area contributed by atoms with Crippen molar-refractivity contribution in [1.82, 2.24) is 14.9 Å². The van der Waals surface area contributed by atoms with Crippen LogP contribution in [0.1, 0.15) is 50.2 Å². The SMILES string of the molecule is Cc1cc2sc(C3CCN(C(=O)OC(C)(C)C)CC3)nc2cn1. The summed E-state index contributed by atoms with van der Waals surface area (Å²) in [4.78, 5) is 23.0. The quantitative estimate of drug-likeness (QED) is 0.788. The van der Waals surface area contributed by atoms with Gasteiger partial charge in [-0.1, -0.05) is 0 Å². The van der Waals surface area contributed by atoms with E-state index in [0.717, 1.165) is 42.1 Å². The fraction of sp³-hybridized carbons (Fsp3) is 0.588. The Morgan fingerprint density at radius 2 is 2.04 bits per heavy atom. The summed E-state index contributed by atoms with van der Waals surface area (Å²) in [6.45, 7) is 9.15. The molecule has 0 saturated carbocycles. The van der Waals surface area contributed by atoms with Gasteiger partial charge in [0.1, 0.15) is 5.60 Å². The average Bonchev–Trinajstić information content (AvgIpc) is 2.88. The molecule has 23 heavy (non-hydrogen) atoms. The van der Waals surface area contributed by atoms with Crippen LogP contribution >= 0.6 is 11.3 Å². The van der Waals surface area contributed by atoms with Crippen LogP contribution in [0.25, 0.3) is 10.2 Å². The maximum atomic E-state index is 12.1. The van der Waals surface area contributed by atoms with E-state index in [1.54, 1.807) is 16.2 Å². The number of carbonyl (C=O) groups is 1. The van der Waals surface area contributed by atoms with E-state index in [1.807, 2.05) is 33.9 Å². The van der Waals surface area contributed by atoms with E-state index in [2.05, 4.69) is 11.1 Å². The zero-order valence-electron chi connectivity index (χ0n) is 14.1. The van der Waals surface area contributed by atoms with Crippen LogP contribution in [-0.4, -0.2) is 39.7 Å². The molecule has 0 radical (unpaired) electrons. The van der Waals surface area contributed by atoms with Crippen LogP contribution in [0.15, 0.2) is 12.3 Å². The molecule has 1 aliphatic rings. The van der Waals surface area contributed by atoms with Gasteiger partial charge in [0.15, 0.2) is 0 Å². The van der Waals surface area contributed by atoms with Gasteiger partial charge >= 0.3 is 6.09 Å². The Hall–Kier alpha value is -1.69. The van der Waals surface area contributed by atoms with E-state index >= 15 is 0 Å². The summed E-state index contributed by atoms with van der Waals surface area (Å²) in [5.74, 6) is 0.423. The highest BCUT2D eigenvalue weighted by Gasteiger charge is 2.28. The molecule has 0 spiro atoms. The molecule has 6 heteroatoms. The van der Waals surface area contributed by atoms with Gasteiger partial charge in [0, 0.05) is 24.7 Å². The molecule has 1 saturated heterocycles. The van der Waals surface area contributed by atoms with Gasteiger partial charge in [0.25, 0.3) is 0 Å². The Labute approximate surface area is 140 Å². The third-order valence-electron chi connectivity index (χ3n) is 3.92. The minimum absolute atomic E-state index is 0.208. The van der Waals surface area contributed by atoms with Crippen molar-refractivity contribution in [1.29, 1.82) is 0 Å². The standard InChI is InChI=1S/C17H23N3O2S/c1-11-9-14-13(10-18-11)19-15(23-14)12-5-7-20(8-6-12)16(21)22-17(2,3)4/h9-10,12H,5-8H2,1-4H3. The molecular formula is C17H23N3O2S. The van der Waals surface area contributed by atoms with Crippen LogP contribution < -0.4 is 0 Å². The van der Waals surface area contributed by atoms with Gasteiger partial charge in [-0.05, 0) is 46.6 Å². The van der Waals surface area contributed by atoms with Crippen molar-refractivity contribution in [2.24, 2.45) is 0 Å². The third-order valence-corrected chi connectivity index (χ3v) is 5.10. The van der Waals surface area contributed by atoms with E-state index in [0.29, 0.717) is 5.92 Å². The Morgan fingerprint density at radius 3 is 2.70 bits per heavy atom. The molecule has 0 aromatic carbocycles. The Morgan fingerprint density at radius 1 is 1.35 bits per heavy atom. The number of carbonyl (C=O) groups excluding carboxylic acids is 1. The maximum Gasteiger partial charge on any atom is 0.410 e. The minimum Gasteiger partial charge on any atom is -0.444 e. The second kappa shape index (κ2) is 6.07. The van der Waals surface area contributed by atoms with Crippen molar-refractivity contribution >= 4 is 27.6 Å². The van der Waals surface area contributed by atoms with Crippen LogP contribution in [0, 0.1) is 6.92 Å². The van der Waals surface area contributed by atoms with Crippen molar-refractivity contribution in [3.8, 4) is 0 Å². The molecule has 0 N–H and O–H groups in total. The number of likely N-dealkylation sites (tertiary alicyclic amines) is 1. The zero-order chi connectivity index (χ0) is 16.6. The van der Waals surface area contributed by atoms with Crippen LogP contribution in [-0.2, 0) is 4.74 Å². The normalized spacial score (nSPS) is 16.8. The number of aromatic nitrogens is 2. The topological polar surface area (TPSA) is 55.3 Å². The molecule has 3 rings (SSSR count). The van der Waals surface area contributed by atoms with Crippen LogP contribution in [0.4, 0.5) is 4.79 Å². The van der Waals surface area contributed by atoms with Crippen molar-refractivity contribution < 1.29 is 9.53 Å². The molecule has 1 amide bonds. The zero-order valence-corrected chi connectivity index (χ0v) is 14.9. The number of aryl methyl sites for hydroxylation is 1. The highest BCUT2D eigenvalue weighted by Crippen LogP contribution is 2.34. The minimum atomic E-state index is -0.439. The second-order valence-corrected chi connectivity index (χ2v) is 8.15. The van der Waals surface area contributed by atoms with Crippen molar-refractivity contribution in [3.05, 3.63) is 23.0 Å². The predicted molar refractivity (Wildman–Crippen MR) is 91.9 cm³/mol. The largest absolute Gasteiger partial charge is 0.444 e. The molecule has 0 bridgehead atoms. The molecular weight excluding hydrogens is 310 g/mol. The Balaban J connectivity index is 1.65. The molecule has 5 nitrogen and oxygen atoms in total. The summed E-state index contributed by atoms with van der Waals surface area (Å²) < 4.78 is 6.64. The monoisotopic (exact) mass is 333 g/mol. The molecule has 2 aromatic heterocycles. The number of hydrogen-bond donors (Lipinski definition) is 0. The second-order valence-electron chi connectivity index (χ2n) is 7.09. The number of nitrogens with zero attached hydrogens (tertiary/aromatic N) is 3. The number of ether oxygens (including phenoxy) is 1. The van der Waals surface area contributed by atoms with Crippen molar-refractivity contribution in [3.63, 3.8) is 0 Å². The van der Waals surface area contributed by atoms with Gasteiger partial charge < -0.3 is 9.64 Å². The predicted octanol–water partition coefficient (Wildman–Crippen LogP) is 4.11. The lowest BCUT2D eigenvalue weighted by atomic mass is 9.98. The smallest absolute Gasteiger partial charge is 0.410 e. The van der Waals surface area contributed by atoms with Gasteiger partial charge in [0.2, 0.25) is 0 Å². The van der Waals surface area contributed by atoms with E-state index in [-0.39, 0.29) is 6.09 Å². The summed E-state index contributed by atoms with van der Waals surface area (Å²) in [7, 11) is 0. The van der Waals surface area contributed by atoms with Crippen LogP contribution in [0.3, 0.4) is 0 Å². The number of fused-ring (bicyclic) bond motifs is 1. The van der Waals surface area contributed by atoms with Gasteiger partial charge in [-0.25, -0.2) is 9.78 Å². The lowest BCUT2D eigenvalue weighted by molar-refractivity contribution is 0.0205. The van der Waals surface area contributed by atoms with E-state index in [9.17, 15) is 4.79 Å². The molecule has 0 unspecified atom stereocenters. The lowest BCUT2D eigenvalue weighted by Gasteiger charge is -2.32. The number of rotatable bonds is 1. The Bertz CT molecular complexity index is 712. The Kier molecular flexibility index (Phi) is 4.27. The number of piperidine rings is 1. The number of pyridine rings is 1. The summed E-state index contributed by atoms with van der Waals surface area (Å²) in [6.07, 6.45) is 3.51. The van der Waals surface area contributed by atoms with Gasteiger partial charge in [-0.15, -0.1) is 11.3 Å². The first-order chi connectivity index (χ1) is 10.8. The van der Waals surface area contributed by atoms with Crippen LogP contribution in [0.2, 0.25) is 0 Å². The molecule has 124 valence electrons. The molecule has 1 aliphatic heterocycles. The van der Waals surface area contributed by atoms with Gasteiger partial charge in [0.05, 0.1) is 21.4 Å². The summed E-state index contributed by atoms with van der Waals surface area (Å²) in [5.41, 5.74) is 1.56. The first-order valence-corrected chi connectivity index (χ1v) is 8.84. The van der Waals surface area contributed by atoms with Gasteiger partial charge in [-0.2, -0.15) is 0 Å². The van der Waals surface area contributed by atoms with Crippen molar-refractivity contribution in [2.45, 2.75) is 52.1 Å². The number of hydrogen-bond acceptors (Lipinski definition) is 5. The van der Waals surface area contributed by atoms with Gasteiger partial charge in [-0.3, -0.25) is 4.98 Å². The third kappa shape index (κ3) is 3.80. The van der Waals surface area contributed by atoms with E-state index < -0.39 is 5.60 Å². The maximum absolute atomic E-state index is 12.1. The first kappa shape index (κ1) is 16.2. The molecule has 3 heterocycles. The van der Waals surface area contributed by atoms with E-state index in [1.165, 1.54) is 4.70 Å². The van der Waals surface area contributed by atoms with Crippen molar-refractivity contribution in [2.75, 3.05) is 13.1 Å².